The second-order valence-electron chi connectivity index (χ2n) is 4.44. The third kappa shape index (κ3) is 5.35. The maximum Gasteiger partial charge on any atom is 0.148 e. The maximum atomic E-state index is 11.1. The molecule has 2 atom stereocenters. The molecule has 6 heteroatoms. The van der Waals surface area contributed by atoms with Crippen molar-refractivity contribution in [2.24, 2.45) is 0 Å². The van der Waals surface area contributed by atoms with Gasteiger partial charge in [-0.3, -0.25) is 0 Å². The van der Waals surface area contributed by atoms with Gasteiger partial charge >= 0.3 is 0 Å². The van der Waals surface area contributed by atoms with Crippen LogP contribution in [-0.4, -0.2) is 38.1 Å². The number of hydrogen-bond donors (Lipinski definition) is 2. The molecule has 1 rings (SSSR count). The van der Waals surface area contributed by atoms with Gasteiger partial charge in [0.05, 0.1) is 11.9 Å². The number of sulfone groups is 1. The second kappa shape index (κ2) is 6.52. The lowest BCUT2D eigenvalue weighted by Crippen LogP contribution is -2.35. The van der Waals surface area contributed by atoms with Gasteiger partial charge in [-0.2, -0.15) is 0 Å². The van der Waals surface area contributed by atoms with E-state index < -0.39 is 15.9 Å². The molecule has 0 aliphatic carbocycles. The van der Waals surface area contributed by atoms with Crippen LogP contribution in [0, 0.1) is 0 Å². The third-order valence-corrected chi connectivity index (χ3v) is 3.93. The monoisotopic (exact) mass is 291 g/mol. The normalized spacial score (nSPS) is 15.3. The zero-order valence-corrected chi connectivity index (χ0v) is 12.0. The van der Waals surface area contributed by atoms with Crippen molar-refractivity contribution in [3.05, 3.63) is 34.9 Å². The molecular weight excluding hydrogens is 274 g/mol. The van der Waals surface area contributed by atoms with E-state index in [0.29, 0.717) is 10.6 Å². The fraction of sp³-hybridized carbons (Fsp3) is 0.500. The van der Waals surface area contributed by atoms with Crippen molar-refractivity contribution in [1.29, 1.82) is 0 Å². The fourth-order valence-corrected chi connectivity index (χ4v) is 2.97. The van der Waals surface area contributed by atoms with Crippen LogP contribution in [0.4, 0.5) is 0 Å². The minimum atomic E-state index is -3.01. The van der Waals surface area contributed by atoms with Crippen molar-refractivity contribution < 1.29 is 13.5 Å². The summed E-state index contributed by atoms with van der Waals surface area (Å²) >= 11 is 5.96. The lowest BCUT2D eigenvalue weighted by Gasteiger charge is -2.17. The Morgan fingerprint density at radius 1 is 1.39 bits per heavy atom. The first-order valence-corrected chi connectivity index (χ1v) is 8.07. The van der Waals surface area contributed by atoms with Gasteiger partial charge in [-0.15, -0.1) is 0 Å². The van der Waals surface area contributed by atoms with Gasteiger partial charge in [-0.05, 0) is 13.0 Å². The first-order valence-electron chi connectivity index (χ1n) is 5.63. The first kappa shape index (κ1) is 15.4. The molecule has 1 aromatic rings. The first-order chi connectivity index (χ1) is 8.29. The highest BCUT2D eigenvalue weighted by Gasteiger charge is 2.14. The number of halogens is 1. The highest BCUT2D eigenvalue weighted by Crippen LogP contribution is 2.21. The van der Waals surface area contributed by atoms with Crippen molar-refractivity contribution in [2.45, 2.75) is 19.1 Å². The van der Waals surface area contributed by atoms with E-state index in [9.17, 15) is 13.5 Å². The molecule has 0 saturated carbocycles. The Balaban J connectivity index is 2.52. The minimum absolute atomic E-state index is 0.0439. The highest BCUT2D eigenvalue weighted by atomic mass is 35.5. The molecule has 18 heavy (non-hydrogen) atoms. The van der Waals surface area contributed by atoms with Crippen molar-refractivity contribution in [1.82, 2.24) is 5.32 Å². The van der Waals surface area contributed by atoms with Crippen molar-refractivity contribution in [2.75, 3.05) is 18.6 Å². The summed E-state index contributed by atoms with van der Waals surface area (Å²) in [5.41, 5.74) is 0.637. The van der Waals surface area contributed by atoms with E-state index in [4.69, 9.17) is 11.6 Å². The van der Waals surface area contributed by atoms with E-state index in [1.807, 2.05) is 0 Å². The lowest BCUT2D eigenvalue weighted by molar-refractivity contribution is 0.172. The molecule has 0 radical (unpaired) electrons. The average molecular weight is 292 g/mol. The Kier molecular flexibility index (Phi) is 5.59. The zero-order chi connectivity index (χ0) is 13.8. The van der Waals surface area contributed by atoms with Crippen LogP contribution >= 0.6 is 11.6 Å². The van der Waals surface area contributed by atoms with Gasteiger partial charge < -0.3 is 10.4 Å². The van der Waals surface area contributed by atoms with E-state index >= 15 is 0 Å². The molecule has 0 aromatic heterocycles. The van der Waals surface area contributed by atoms with Gasteiger partial charge in [0, 0.05) is 29.4 Å². The number of nitrogens with one attached hydrogen (secondary N) is 1. The molecule has 102 valence electrons. The highest BCUT2D eigenvalue weighted by molar-refractivity contribution is 7.90. The summed E-state index contributed by atoms with van der Waals surface area (Å²) < 4.78 is 22.2. The summed E-state index contributed by atoms with van der Waals surface area (Å²) in [6, 6.07) is 6.83. The molecular formula is C12H18ClNO3S. The van der Waals surface area contributed by atoms with Crippen molar-refractivity contribution in [3.8, 4) is 0 Å². The van der Waals surface area contributed by atoms with Crippen LogP contribution in [-0.2, 0) is 9.84 Å². The van der Waals surface area contributed by atoms with Gasteiger partial charge in [0.15, 0.2) is 0 Å². The molecule has 0 aliphatic heterocycles. The van der Waals surface area contributed by atoms with E-state index in [0.717, 1.165) is 0 Å². The van der Waals surface area contributed by atoms with Gasteiger partial charge in [-0.1, -0.05) is 29.8 Å². The summed E-state index contributed by atoms with van der Waals surface area (Å²) in [5.74, 6) is 0.0439. The van der Waals surface area contributed by atoms with Crippen molar-refractivity contribution in [3.63, 3.8) is 0 Å². The van der Waals surface area contributed by atoms with Gasteiger partial charge in [0.2, 0.25) is 0 Å². The van der Waals surface area contributed by atoms with Crippen LogP contribution in [0.3, 0.4) is 0 Å². The predicted molar refractivity (Wildman–Crippen MR) is 73.6 cm³/mol. The molecule has 0 spiro atoms. The van der Waals surface area contributed by atoms with Crippen LogP contribution in [0.2, 0.25) is 5.02 Å². The number of benzene rings is 1. The standard InChI is InChI=1S/C12H18ClNO3S/c1-9(8-18(2,16)17)14-7-12(15)10-5-3-4-6-11(10)13/h3-6,9,12,14-15H,7-8H2,1-2H3. The number of rotatable bonds is 6. The Morgan fingerprint density at radius 2 is 2.00 bits per heavy atom. The quantitative estimate of drug-likeness (QED) is 0.831. The molecule has 2 unspecified atom stereocenters. The van der Waals surface area contributed by atoms with E-state index in [1.54, 1.807) is 31.2 Å². The third-order valence-electron chi connectivity index (χ3n) is 2.48. The topological polar surface area (TPSA) is 66.4 Å². The van der Waals surface area contributed by atoms with Crippen LogP contribution in [0.15, 0.2) is 24.3 Å². The van der Waals surface area contributed by atoms with Crippen LogP contribution in [0.1, 0.15) is 18.6 Å². The Hall–Kier alpha value is -0.620. The molecule has 0 fully saturated rings. The van der Waals surface area contributed by atoms with E-state index in [1.165, 1.54) is 6.26 Å². The molecule has 0 heterocycles. The van der Waals surface area contributed by atoms with Gasteiger partial charge in [-0.25, -0.2) is 8.42 Å². The summed E-state index contributed by atoms with van der Waals surface area (Å²) in [6.45, 7) is 2.03. The predicted octanol–water partition coefficient (Wildman–Crippen LogP) is 1.40. The summed E-state index contributed by atoms with van der Waals surface area (Å²) in [7, 11) is -3.01. The minimum Gasteiger partial charge on any atom is -0.387 e. The van der Waals surface area contributed by atoms with Crippen LogP contribution in [0.25, 0.3) is 0 Å². The SMILES string of the molecule is CC(CS(C)(=O)=O)NCC(O)c1ccccc1Cl. The number of aliphatic hydroxyl groups excluding tert-OH is 1. The molecule has 4 nitrogen and oxygen atoms in total. The molecule has 0 saturated heterocycles. The molecule has 0 bridgehead atoms. The van der Waals surface area contributed by atoms with Crippen LogP contribution < -0.4 is 5.32 Å². The summed E-state index contributed by atoms with van der Waals surface area (Å²) in [5, 5.41) is 13.4. The lowest BCUT2D eigenvalue weighted by atomic mass is 10.1. The number of aliphatic hydroxyl groups is 1. The summed E-state index contributed by atoms with van der Waals surface area (Å²) in [4.78, 5) is 0. The smallest absolute Gasteiger partial charge is 0.148 e. The molecule has 2 N–H and O–H groups in total. The van der Waals surface area contributed by atoms with E-state index in [2.05, 4.69) is 5.32 Å². The Labute approximate surface area is 113 Å². The van der Waals surface area contributed by atoms with Gasteiger partial charge in [0.1, 0.15) is 9.84 Å². The second-order valence-corrected chi connectivity index (χ2v) is 7.03. The fourth-order valence-electron chi connectivity index (χ4n) is 1.68. The number of hydrogen-bond acceptors (Lipinski definition) is 4. The average Bonchev–Trinajstić information content (AvgIpc) is 2.24. The maximum absolute atomic E-state index is 11.1. The van der Waals surface area contributed by atoms with Gasteiger partial charge in [0.25, 0.3) is 0 Å². The molecule has 1 aromatic carbocycles. The molecule has 0 aliphatic rings. The van der Waals surface area contributed by atoms with E-state index in [-0.39, 0.29) is 18.3 Å². The van der Waals surface area contributed by atoms with Crippen molar-refractivity contribution >= 4 is 21.4 Å². The van der Waals surface area contributed by atoms with Crippen LogP contribution in [0.5, 0.6) is 0 Å². The zero-order valence-electron chi connectivity index (χ0n) is 10.4. The largest absolute Gasteiger partial charge is 0.387 e. The molecule has 0 amide bonds. The Bertz CT molecular complexity index is 490. The summed E-state index contributed by atoms with van der Waals surface area (Å²) in [6.07, 6.45) is 0.441. The Morgan fingerprint density at radius 3 is 2.56 bits per heavy atom.